The van der Waals surface area contributed by atoms with Gasteiger partial charge in [0.05, 0.1) is 0 Å². The highest BCUT2D eigenvalue weighted by molar-refractivity contribution is 7.98. The van der Waals surface area contributed by atoms with Crippen molar-refractivity contribution < 1.29 is 4.79 Å². The summed E-state index contributed by atoms with van der Waals surface area (Å²) >= 11 is 1.55. The van der Waals surface area contributed by atoms with Crippen molar-refractivity contribution in [2.75, 3.05) is 25.3 Å². The molecule has 0 aromatic carbocycles. The Labute approximate surface area is 130 Å². The number of nitrogens with zero attached hydrogens (tertiary/aromatic N) is 4. The summed E-state index contributed by atoms with van der Waals surface area (Å²) in [4.78, 5) is 25.6. The van der Waals surface area contributed by atoms with E-state index in [0.29, 0.717) is 6.04 Å². The Morgan fingerprint density at radius 3 is 2.71 bits per heavy atom. The van der Waals surface area contributed by atoms with Crippen molar-refractivity contribution in [3.8, 4) is 0 Å². The Morgan fingerprint density at radius 2 is 2.10 bits per heavy atom. The molecule has 1 atom stereocenters. The van der Waals surface area contributed by atoms with Crippen LogP contribution in [0.15, 0.2) is 11.4 Å². The largest absolute Gasteiger partial charge is 0.347 e. The van der Waals surface area contributed by atoms with Gasteiger partial charge in [-0.15, -0.1) is 0 Å². The molecule has 0 radical (unpaired) electrons. The van der Waals surface area contributed by atoms with E-state index in [1.54, 1.807) is 16.7 Å². The van der Waals surface area contributed by atoms with Gasteiger partial charge in [-0.1, -0.05) is 24.6 Å². The summed E-state index contributed by atoms with van der Waals surface area (Å²) in [6, 6.07) is 0.342. The Morgan fingerprint density at radius 1 is 1.38 bits per heavy atom. The van der Waals surface area contributed by atoms with Gasteiger partial charge in [-0.3, -0.25) is 4.79 Å². The molecule has 1 fully saturated rings. The van der Waals surface area contributed by atoms with Gasteiger partial charge in [0.25, 0.3) is 0 Å². The van der Waals surface area contributed by atoms with Crippen LogP contribution in [-0.4, -0.2) is 53.2 Å². The molecule has 3 rings (SSSR count). The first-order valence-corrected chi connectivity index (χ1v) is 8.73. The fourth-order valence-electron chi connectivity index (χ4n) is 3.42. The summed E-state index contributed by atoms with van der Waals surface area (Å²) in [6.07, 6.45) is 9.44. The Kier molecular flexibility index (Phi) is 4.06. The molecule has 0 saturated heterocycles. The molecule has 1 aromatic rings. The molecule has 2 aliphatic rings. The van der Waals surface area contributed by atoms with Gasteiger partial charge in [-0.05, 0) is 19.1 Å². The van der Waals surface area contributed by atoms with Crippen LogP contribution in [0, 0.1) is 0 Å². The molecule has 0 bridgehead atoms. The highest BCUT2D eigenvalue weighted by Crippen LogP contribution is 2.38. The lowest BCUT2D eigenvalue weighted by Gasteiger charge is -2.33. The monoisotopic (exact) mass is 306 g/mol. The van der Waals surface area contributed by atoms with Gasteiger partial charge in [0.15, 0.2) is 5.16 Å². The van der Waals surface area contributed by atoms with Crippen LogP contribution in [0.2, 0.25) is 0 Å². The minimum atomic E-state index is -0.107. The van der Waals surface area contributed by atoms with Gasteiger partial charge < -0.3 is 9.80 Å². The van der Waals surface area contributed by atoms with Gasteiger partial charge >= 0.3 is 0 Å². The number of thioether (sulfide) groups is 1. The van der Waals surface area contributed by atoms with Crippen molar-refractivity contribution in [2.45, 2.75) is 49.3 Å². The van der Waals surface area contributed by atoms with Crippen molar-refractivity contribution in [3.05, 3.63) is 11.8 Å². The maximum absolute atomic E-state index is 12.6. The molecule has 0 spiro atoms. The summed E-state index contributed by atoms with van der Waals surface area (Å²) in [6.45, 7) is 0. The van der Waals surface area contributed by atoms with E-state index < -0.39 is 0 Å². The van der Waals surface area contributed by atoms with Gasteiger partial charge in [-0.2, -0.15) is 0 Å². The molecule has 21 heavy (non-hydrogen) atoms. The summed E-state index contributed by atoms with van der Waals surface area (Å²) in [5.74, 6) is 1.16. The molecular weight excluding hydrogens is 284 g/mol. The highest BCUT2D eigenvalue weighted by Gasteiger charge is 2.41. The highest BCUT2D eigenvalue weighted by atomic mass is 32.2. The number of anilines is 1. The van der Waals surface area contributed by atoms with Crippen LogP contribution in [0.25, 0.3) is 0 Å². The number of fused-ring (bicyclic) bond motifs is 1. The van der Waals surface area contributed by atoms with E-state index in [1.165, 1.54) is 12.8 Å². The van der Waals surface area contributed by atoms with Gasteiger partial charge in [0.1, 0.15) is 11.9 Å². The SMILES string of the molecule is CSc1ncc2c(n1)N(C1CCCC1)[C@@H](C(=O)N(C)C)C2. The minimum Gasteiger partial charge on any atom is -0.347 e. The van der Waals surface area contributed by atoms with E-state index >= 15 is 0 Å². The van der Waals surface area contributed by atoms with E-state index in [4.69, 9.17) is 4.98 Å². The number of amides is 1. The number of aromatic nitrogens is 2. The Hall–Kier alpha value is -1.30. The van der Waals surface area contributed by atoms with Gasteiger partial charge in [0, 0.05) is 38.3 Å². The van der Waals surface area contributed by atoms with Crippen molar-refractivity contribution in [2.24, 2.45) is 0 Å². The van der Waals surface area contributed by atoms with Crippen molar-refractivity contribution in [1.29, 1.82) is 0 Å². The van der Waals surface area contributed by atoms with Gasteiger partial charge in [0.2, 0.25) is 5.91 Å². The molecule has 1 aliphatic carbocycles. The summed E-state index contributed by atoms with van der Waals surface area (Å²) in [5, 5.41) is 0.787. The minimum absolute atomic E-state index is 0.107. The average Bonchev–Trinajstić information content (AvgIpc) is 3.11. The van der Waals surface area contributed by atoms with E-state index in [9.17, 15) is 4.79 Å². The third-order valence-corrected chi connectivity index (χ3v) is 5.00. The third-order valence-electron chi connectivity index (χ3n) is 4.44. The van der Waals surface area contributed by atoms with E-state index in [1.807, 2.05) is 26.5 Å². The predicted molar refractivity (Wildman–Crippen MR) is 84.7 cm³/mol. The van der Waals surface area contributed by atoms with E-state index in [-0.39, 0.29) is 11.9 Å². The zero-order valence-electron chi connectivity index (χ0n) is 12.9. The fourth-order valence-corrected chi connectivity index (χ4v) is 3.75. The number of hydrogen-bond donors (Lipinski definition) is 0. The van der Waals surface area contributed by atoms with Crippen LogP contribution in [0.5, 0.6) is 0 Å². The molecule has 1 saturated carbocycles. The molecule has 0 N–H and O–H groups in total. The number of rotatable bonds is 3. The smallest absolute Gasteiger partial charge is 0.245 e. The van der Waals surface area contributed by atoms with Crippen LogP contribution in [0.3, 0.4) is 0 Å². The van der Waals surface area contributed by atoms with E-state index in [0.717, 1.165) is 35.8 Å². The topological polar surface area (TPSA) is 49.3 Å². The summed E-state index contributed by atoms with van der Waals surface area (Å²) < 4.78 is 0. The van der Waals surface area contributed by atoms with E-state index in [2.05, 4.69) is 9.88 Å². The zero-order chi connectivity index (χ0) is 15.0. The average molecular weight is 306 g/mol. The first-order valence-electron chi connectivity index (χ1n) is 7.51. The maximum atomic E-state index is 12.6. The number of likely N-dealkylation sites (N-methyl/N-ethyl adjacent to an activating group) is 1. The van der Waals surface area contributed by atoms with Crippen LogP contribution >= 0.6 is 11.8 Å². The second-order valence-corrected chi connectivity index (χ2v) is 6.78. The van der Waals surface area contributed by atoms with Crippen LogP contribution in [0.4, 0.5) is 5.82 Å². The second kappa shape index (κ2) is 5.83. The zero-order valence-corrected chi connectivity index (χ0v) is 13.7. The quantitative estimate of drug-likeness (QED) is 0.631. The summed E-state index contributed by atoms with van der Waals surface area (Å²) in [5.41, 5.74) is 1.11. The van der Waals surface area contributed by atoms with Crippen LogP contribution < -0.4 is 4.90 Å². The predicted octanol–water partition coefficient (Wildman–Crippen LogP) is 1.96. The molecule has 1 aromatic heterocycles. The standard InChI is InChI=1S/C15H22N4OS/c1-18(2)14(20)12-8-10-9-16-15(21-3)17-13(10)19(12)11-6-4-5-7-11/h9,11-12H,4-8H2,1-3H3/t12-/m1/s1. The molecule has 1 amide bonds. The molecule has 2 heterocycles. The molecule has 5 nitrogen and oxygen atoms in total. The van der Waals surface area contributed by atoms with Crippen molar-refractivity contribution in [3.63, 3.8) is 0 Å². The molecule has 1 aliphatic heterocycles. The van der Waals surface area contributed by atoms with Gasteiger partial charge in [-0.25, -0.2) is 9.97 Å². The number of carbonyl (C=O) groups is 1. The van der Waals surface area contributed by atoms with Crippen LogP contribution in [-0.2, 0) is 11.2 Å². The molecule has 114 valence electrons. The third kappa shape index (κ3) is 2.61. The fraction of sp³-hybridized carbons (Fsp3) is 0.667. The Balaban J connectivity index is 1.98. The summed E-state index contributed by atoms with van der Waals surface area (Å²) in [7, 11) is 3.66. The van der Waals surface area contributed by atoms with Crippen molar-refractivity contribution >= 4 is 23.5 Å². The number of carbonyl (C=O) groups excluding carboxylic acids is 1. The number of hydrogen-bond acceptors (Lipinski definition) is 5. The Bertz CT molecular complexity index is 542. The lowest BCUT2D eigenvalue weighted by Crippen LogP contribution is -2.49. The van der Waals surface area contributed by atoms with Crippen LogP contribution in [0.1, 0.15) is 31.2 Å². The first kappa shape index (κ1) is 14.6. The maximum Gasteiger partial charge on any atom is 0.245 e. The molecular formula is C15H22N4OS. The first-order chi connectivity index (χ1) is 10.1. The van der Waals surface area contributed by atoms with Crippen molar-refractivity contribution in [1.82, 2.24) is 14.9 Å². The normalized spacial score (nSPS) is 21.7. The molecule has 6 heteroatoms. The second-order valence-electron chi connectivity index (χ2n) is 6.00. The lowest BCUT2D eigenvalue weighted by molar-refractivity contribution is -0.130. The molecule has 0 unspecified atom stereocenters. The lowest BCUT2D eigenvalue weighted by atomic mass is 10.1.